The Kier molecular flexibility index (Phi) is 2.74. The number of carbonyl (C=O) groups excluding carboxylic acids is 2. The van der Waals surface area contributed by atoms with Crippen LogP contribution in [0.4, 0.5) is 0 Å². The number of nitrogens with zero attached hydrogens (tertiary/aromatic N) is 1. The zero-order valence-corrected chi connectivity index (χ0v) is 11.7. The first-order valence-corrected chi connectivity index (χ1v) is 7.39. The highest BCUT2D eigenvalue weighted by Gasteiger charge is 2.32. The summed E-state index contributed by atoms with van der Waals surface area (Å²) in [5.74, 6) is 0.0295. The van der Waals surface area contributed by atoms with Gasteiger partial charge in [0.05, 0.1) is 6.54 Å². The number of hydrogen-bond donors (Lipinski definition) is 2. The Morgan fingerprint density at radius 2 is 2.10 bits per heavy atom. The summed E-state index contributed by atoms with van der Waals surface area (Å²) in [5, 5.41) is 4.02. The Balaban J connectivity index is 1.59. The number of H-pyrrole nitrogens is 1. The molecule has 2 N–H and O–H groups in total. The largest absolute Gasteiger partial charge is 0.357 e. The van der Waals surface area contributed by atoms with Crippen LogP contribution in [-0.4, -0.2) is 34.3 Å². The number of para-hydroxylation sites is 1. The summed E-state index contributed by atoms with van der Waals surface area (Å²) in [4.78, 5) is 29.0. The van der Waals surface area contributed by atoms with Crippen LogP contribution >= 0.6 is 0 Å². The fourth-order valence-corrected chi connectivity index (χ4v) is 3.40. The van der Waals surface area contributed by atoms with Crippen molar-refractivity contribution in [2.24, 2.45) is 0 Å². The van der Waals surface area contributed by atoms with Crippen LogP contribution in [0.25, 0.3) is 10.9 Å². The van der Waals surface area contributed by atoms with E-state index in [1.165, 1.54) is 10.9 Å². The van der Waals surface area contributed by atoms with Crippen LogP contribution in [0.3, 0.4) is 0 Å². The predicted octanol–water partition coefficient (Wildman–Crippen LogP) is 1.33. The smallest absolute Gasteiger partial charge is 0.245 e. The quantitative estimate of drug-likeness (QED) is 0.829. The average molecular weight is 283 g/mol. The van der Waals surface area contributed by atoms with Gasteiger partial charge < -0.3 is 15.2 Å². The Morgan fingerprint density at radius 1 is 1.24 bits per heavy atom. The molecule has 1 aromatic heterocycles. The minimum atomic E-state index is -0.330. The molecule has 2 aromatic rings. The average Bonchev–Trinajstić information content (AvgIpc) is 3.09. The summed E-state index contributed by atoms with van der Waals surface area (Å²) < 4.78 is 0. The summed E-state index contributed by atoms with van der Waals surface area (Å²) in [5.41, 5.74) is 3.58. The normalized spacial score (nSPS) is 21.4. The van der Waals surface area contributed by atoms with Gasteiger partial charge >= 0.3 is 0 Å². The molecule has 108 valence electrons. The van der Waals surface area contributed by atoms with Crippen LogP contribution in [0.15, 0.2) is 24.3 Å². The summed E-state index contributed by atoms with van der Waals surface area (Å²) in [6.07, 6.45) is 1.95. The van der Waals surface area contributed by atoms with Crippen LogP contribution in [-0.2, 0) is 22.6 Å². The first kappa shape index (κ1) is 12.4. The van der Waals surface area contributed by atoms with Crippen molar-refractivity contribution in [1.82, 2.24) is 15.2 Å². The highest BCUT2D eigenvalue weighted by molar-refractivity contribution is 5.91. The molecule has 1 atom stereocenters. The molecular formula is C16H17N3O2. The lowest BCUT2D eigenvalue weighted by molar-refractivity contribution is -0.135. The van der Waals surface area contributed by atoms with E-state index in [4.69, 9.17) is 0 Å². The summed E-state index contributed by atoms with van der Waals surface area (Å²) in [6, 6.07) is 7.92. The fourth-order valence-electron chi connectivity index (χ4n) is 3.40. The second kappa shape index (κ2) is 4.62. The van der Waals surface area contributed by atoms with Gasteiger partial charge in [-0.15, -0.1) is 0 Å². The van der Waals surface area contributed by atoms with E-state index in [0.717, 1.165) is 24.2 Å². The zero-order valence-electron chi connectivity index (χ0n) is 11.7. The SMILES string of the molecule is O=C1CCC(C(=O)N2CCc3c([nH]c4ccccc34)C2)N1. The van der Waals surface area contributed by atoms with Crippen molar-refractivity contribution < 1.29 is 9.59 Å². The Hall–Kier alpha value is -2.30. The van der Waals surface area contributed by atoms with Gasteiger partial charge in [0.1, 0.15) is 6.04 Å². The molecular weight excluding hydrogens is 266 g/mol. The number of rotatable bonds is 1. The molecule has 21 heavy (non-hydrogen) atoms. The highest BCUT2D eigenvalue weighted by atomic mass is 16.2. The number of benzene rings is 1. The molecule has 1 aromatic carbocycles. The molecule has 1 saturated heterocycles. The highest BCUT2D eigenvalue weighted by Crippen LogP contribution is 2.28. The molecule has 0 aliphatic carbocycles. The summed E-state index contributed by atoms with van der Waals surface area (Å²) in [7, 11) is 0. The number of aromatic amines is 1. The lowest BCUT2D eigenvalue weighted by Crippen LogP contribution is -2.46. The predicted molar refractivity (Wildman–Crippen MR) is 78.6 cm³/mol. The summed E-state index contributed by atoms with van der Waals surface area (Å²) in [6.45, 7) is 1.33. The number of carbonyl (C=O) groups is 2. The van der Waals surface area contributed by atoms with E-state index < -0.39 is 0 Å². The van der Waals surface area contributed by atoms with Gasteiger partial charge in [0.2, 0.25) is 11.8 Å². The maximum atomic E-state index is 12.5. The van der Waals surface area contributed by atoms with Crippen molar-refractivity contribution in [1.29, 1.82) is 0 Å². The van der Waals surface area contributed by atoms with E-state index in [-0.39, 0.29) is 17.9 Å². The van der Waals surface area contributed by atoms with Gasteiger partial charge in [0.25, 0.3) is 0 Å². The van der Waals surface area contributed by atoms with Crippen molar-refractivity contribution >= 4 is 22.7 Å². The second-order valence-corrected chi connectivity index (χ2v) is 5.80. The molecule has 3 heterocycles. The topological polar surface area (TPSA) is 65.2 Å². The first-order chi connectivity index (χ1) is 10.2. The molecule has 0 saturated carbocycles. The Labute approximate surface area is 122 Å². The maximum Gasteiger partial charge on any atom is 0.245 e. The molecule has 2 amide bonds. The van der Waals surface area contributed by atoms with E-state index in [0.29, 0.717) is 19.4 Å². The van der Waals surface area contributed by atoms with Crippen LogP contribution in [0, 0.1) is 0 Å². The molecule has 2 aliphatic rings. The molecule has 0 bridgehead atoms. The van der Waals surface area contributed by atoms with Crippen LogP contribution in [0.1, 0.15) is 24.1 Å². The third-order valence-electron chi connectivity index (χ3n) is 4.49. The summed E-state index contributed by atoms with van der Waals surface area (Å²) >= 11 is 0. The molecule has 5 heteroatoms. The van der Waals surface area contributed by atoms with Crippen molar-refractivity contribution in [2.45, 2.75) is 31.8 Å². The minimum Gasteiger partial charge on any atom is -0.357 e. The van der Waals surface area contributed by atoms with Gasteiger partial charge in [0, 0.05) is 29.6 Å². The zero-order chi connectivity index (χ0) is 14.4. The molecule has 4 rings (SSSR count). The first-order valence-electron chi connectivity index (χ1n) is 7.39. The second-order valence-electron chi connectivity index (χ2n) is 5.80. The molecule has 0 spiro atoms. The molecule has 0 radical (unpaired) electrons. The van der Waals surface area contributed by atoms with Gasteiger partial charge in [-0.1, -0.05) is 18.2 Å². The molecule has 1 unspecified atom stereocenters. The van der Waals surface area contributed by atoms with Crippen molar-refractivity contribution in [3.63, 3.8) is 0 Å². The van der Waals surface area contributed by atoms with Crippen molar-refractivity contribution in [3.05, 3.63) is 35.5 Å². The van der Waals surface area contributed by atoms with Gasteiger partial charge in [-0.2, -0.15) is 0 Å². The lowest BCUT2D eigenvalue weighted by Gasteiger charge is -2.29. The van der Waals surface area contributed by atoms with Gasteiger partial charge in [-0.3, -0.25) is 9.59 Å². The number of nitrogens with one attached hydrogen (secondary N) is 2. The van der Waals surface area contributed by atoms with E-state index in [9.17, 15) is 9.59 Å². The number of amides is 2. The lowest BCUT2D eigenvalue weighted by atomic mass is 10.0. The van der Waals surface area contributed by atoms with E-state index in [2.05, 4.69) is 22.4 Å². The van der Waals surface area contributed by atoms with E-state index in [1.54, 1.807) is 0 Å². The van der Waals surface area contributed by atoms with Crippen molar-refractivity contribution in [3.8, 4) is 0 Å². The van der Waals surface area contributed by atoms with E-state index >= 15 is 0 Å². The molecule has 2 aliphatic heterocycles. The van der Waals surface area contributed by atoms with Crippen LogP contribution in [0.5, 0.6) is 0 Å². The van der Waals surface area contributed by atoms with Gasteiger partial charge in [-0.25, -0.2) is 0 Å². The third-order valence-corrected chi connectivity index (χ3v) is 4.49. The standard InChI is InChI=1S/C16H17N3O2/c20-15-6-5-13(18-15)16(21)19-8-7-11-10-3-1-2-4-12(10)17-14(11)9-19/h1-4,13,17H,5-9H2,(H,18,20). The number of hydrogen-bond acceptors (Lipinski definition) is 2. The third kappa shape index (κ3) is 2.00. The number of fused-ring (bicyclic) bond motifs is 3. The fraction of sp³-hybridized carbons (Fsp3) is 0.375. The maximum absolute atomic E-state index is 12.5. The molecule has 5 nitrogen and oxygen atoms in total. The van der Waals surface area contributed by atoms with Gasteiger partial charge in [0.15, 0.2) is 0 Å². The van der Waals surface area contributed by atoms with E-state index in [1.807, 2.05) is 17.0 Å². The Morgan fingerprint density at radius 3 is 2.90 bits per heavy atom. The monoisotopic (exact) mass is 283 g/mol. The number of aromatic nitrogens is 1. The molecule has 1 fully saturated rings. The van der Waals surface area contributed by atoms with Crippen LogP contribution in [0.2, 0.25) is 0 Å². The van der Waals surface area contributed by atoms with Gasteiger partial charge in [-0.05, 0) is 24.5 Å². The Bertz CT molecular complexity index is 734. The minimum absolute atomic E-state index is 0.0170. The van der Waals surface area contributed by atoms with Crippen LogP contribution < -0.4 is 5.32 Å². The van der Waals surface area contributed by atoms with Crippen molar-refractivity contribution in [2.75, 3.05) is 6.54 Å².